The van der Waals surface area contributed by atoms with Crippen molar-refractivity contribution in [3.05, 3.63) is 6.42 Å². The zero-order valence-electron chi connectivity index (χ0n) is 4.35. The molecular formula is C5H9O2+. The molecule has 0 spiro atoms. The van der Waals surface area contributed by atoms with Gasteiger partial charge in [-0.1, -0.05) is 0 Å². The van der Waals surface area contributed by atoms with Crippen LogP contribution in [0.5, 0.6) is 0 Å². The van der Waals surface area contributed by atoms with Gasteiger partial charge in [0.1, 0.15) is 0 Å². The Morgan fingerprint density at radius 3 is 2.57 bits per heavy atom. The first-order valence-electron chi connectivity index (χ1n) is 2.30. The van der Waals surface area contributed by atoms with Gasteiger partial charge in [-0.15, -0.1) is 0 Å². The lowest BCUT2D eigenvalue weighted by molar-refractivity contribution is -0.136. The quantitative estimate of drug-likeness (QED) is 0.540. The molecule has 0 radical (unpaired) electrons. The molecule has 0 aromatic rings. The van der Waals surface area contributed by atoms with Gasteiger partial charge in [0.2, 0.25) is 0 Å². The van der Waals surface area contributed by atoms with Gasteiger partial charge in [0.25, 0.3) is 0 Å². The number of carboxylic acid groups (broad SMARTS) is 1. The highest BCUT2D eigenvalue weighted by molar-refractivity contribution is 5.67. The Morgan fingerprint density at radius 1 is 1.86 bits per heavy atom. The summed E-state index contributed by atoms with van der Waals surface area (Å²) >= 11 is 0. The van der Waals surface area contributed by atoms with E-state index in [1.54, 1.807) is 6.42 Å². The number of hydrogen-bond donors (Lipinski definition) is 1. The molecule has 0 saturated carbocycles. The van der Waals surface area contributed by atoms with Crippen LogP contribution in [-0.2, 0) is 4.79 Å². The summed E-state index contributed by atoms with van der Waals surface area (Å²) in [5, 5.41) is 8.01. The third kappa shape index (κ3) is 5.34. The van der Waals surface area contributed by atoms with E-state index in [2.05, 4.69) is 0 Å². The predicted molar refractivity (Wildman–Crippen MR) is 26.8 cm³/mol. The minimum atomic E-state index is -0.748. The molecule has 0 aromatic carbocycles. The second kappa shape index (κ2) is 3.53. The highest BCUT2D eigenvalue weighted by atomic mass is 16.4. The van der Waals surface area contributed by atoms with Gasteiger partial charge in [-0.3, -0.25) is 0 Å². The Kier molecular flexibility index (Phi) is 3.19. The van der Waals surface area contributed by atoms with E-state index < -0.39 is 5.97 Å². The van der Waals surface area contributed by atoms with Gasteiger partial charge < -0.3 is 5.11 Å². The normalized spacial score (nSPS) is 8.14. The monoisotopic (exact) mass is 101 g/mol. The van der Waals surface area contributed by atoms with Crippen LogP contribution in [0.4, 0.5) is 0 Å². The molecule has 0 heterocycles. The Bertz CT molecular complexity index is 59.1. The van der Waals surface area contributed by atoms with E-state index in [1.807, 2.05) is 6.92 Å². The van der Waals surface area contributed by atoms with Gasteiger partial charge in [-0.25, -0.2) is 4.79 Å². The highest BCUT2D eigenvalue weighted by Gasteiger charge is 2.00. The fourth-order valence-electron chi connectivity index (χ4n) is 0.268. The molecule has 0 unspecified atom stereocenters. The van der Waals surface area contributed by atoms with E-state index in [0.29, 0.717) is 0 Å². The van der Waals surface area contributed by atoms with Gasteiger partial charge in [0.15, 0.2) is 6.42 Å². The summed E-state index contributed by atoms with van der Waals surface area (Å²) in [5.41, 5.74) is 0. The molecule has 0 rings (SSSR count). The largest absolute Gasteiger partial charge is 0.478 e. The summed E-state index contributed by atoms with van der Waals surface area (Å²) in [7, 11) is 0. The molecule has 2 nitrogen and oxygen atoms in total. The van der Waals surface area contributed by atoms with Crippen molar-refractivity contribution in [1.82, 2.24) is 0 Å². The van der Waals surface area contributed by atoms with E-state index in [-0.39, 0.29) is 6.42 Å². The standard InChI is InChI=1S/C5H8O2/c1-2-3-4-5(6)7/h3H,2,4H2,1H3/p+1. The van der Waals surface area contributed by atoms with Crippen LogP contribution in [0, 0.1) is 6.42 Å². The first-order valence-corrected chi connectivity index (χ1v) is 2.30. The van der Waals surface area contributed by atoms with Crippen molar-refractivity contribution in [2.24, 2.45) is 0 Å². The van der Waals surface area contributed by atoms with Crippen LogP contribution in [0.3, 0.4) is 0 Å². The minimum absolute atomic E-state index is 0.191. The van der Waals surface area contributed by atoms with E-state index in [0.717, 1.165) is 6.42 Å². The van der Waals surface area contributed by atoms with Crippen LogP contribution in [0.25, 0.3) is 0 Å². The molecule has 0 aliphatic carbocycles. The summed E-state index contributed by atoms with van der Waals surface area (Å²) in [6.45, 7) is 1.92. The molecule has 0 aliphatic heterocycles. The maximum absolute atomic E-state index is 9.73. The lowest BCUT2D eigenvalue weighted by Gasteiger charge is -1.76. The molecule has 2 heteroatoms. The Hall–Kier alpha value is -0.660. The number of carboxylic acids is 1. The fourth-order valence-corrected chi connectivity index (χ4v) is 0.268. The van der Waals surface area contributed by atoms with Crippen LogP contribution in [0.15, 0.2) is 0 Å². The van der Waals surface area contributed by atoms with Gasteiger partial charge in [0.05, 0.1) is 12.8 Å². The van der Waals surface area contributed by atoms with Crippen molar-refractivity contribution in [2.45, 2.75) is 19.8 Å². The summed E-state index contributed by atoms with van der Waals surface area (Å²) in [4.78, 5) is 9.73. The Morgan fingerprint density at radius 2 is 2.43 bits per heavy atom. The second-order valence-corrected chi connectivity index (χ2v) is 1.29. The fraction of sp³-hybridized carbons (Fsp3) is 0.600. The lowest BCUT2D eigenvalue weighted by atomic mass is 10.3. The van der Waals surface area contributed by atoms with Crippen LogP contribution in [-0.4, -0.2) is 11.1 Å². The predicted octanol–water partition coefficient (Wildman–Crippen LogP) is 1.08. The number of hydrogen-bond acceptors (Lipinski definition) is 1. The molecule has 7 heavy (non-hydrogen) atoms. The summed E-state index contributed by atoms with van der Waals surface area (Å²) < 4.78 is 0. The first kappa shape index (κ1) is 6.34. The number of rotatable bonds is 3. The van der Waals surface area contributed by atoms with Gasteiger partial charge in [0, 0.05) is 0 Å². The lowest BCUT2D eigenvalue weighted by Crippen LogP contribution is -1.92. The molecule has 0 fully saturated rings. The van der Waals surface area contributed by atoms with E-state index in [4.69, 9.17) is 5.11 Å². The average molecular weight is 101 g/mol. The van der Waals surface area contributed by atoms with Crippen LogP contribution >= 0.6 is 0 Å². The molecule has 40 valence electrons. The molecule has 1 N–H and O–H groups in total. The zero-order valence-corrected chi connectivity index (χ0v) is 4.35. The van der Waals surface area contributed by atoms with Gasteiger partial charge >= 0.3 is 5.97 Å². The maximum Gasteiger partial charge on any atom is 0.348 e. The summed E-state index contributed by atoms with van der Waals surface area (Å²) in [6.07, 6.45) is 2.76. The minimum Gasteiger partial charge on any atom is -0.478 e. The van der Waals surface area contributed by atoms with Crippen molar-refractivity contribution < 1.29 is 9.90 Å². The number of unbranched alkanes of at least 4 members (excludes halogenated alkanes) is 1. The van der Waals surface area contributed by atoms with Crippen molar-refractivity contribution in [1.29, 1.82) is 0 Å². The Labute approximate surface area is 43.2 Å². The van der Waals surface area contributed by atoms with Crippen molar-refractivity contribution >= 4 is 5.97 Å². The molecule has 0 amide bonds. The zero-order chi connectivity index (χ0) is 5.70. The number of aliphatic carboxylic acids is 1. The SMILES string of the molecule is CC[CH+]CC(=O)O. The van der Waals surface area contributed by atoms with E-state index in [1.165, 1.54) is 0 Å². The number of carbonyl (C=O) groups is 1. The summed E-state index contributed by atoms with van der Waals surface area (Å²) in [5.74, 6) is -0.748. The third-order valence-corrected chi connectivity index (χ3v) is 0.608. The van der Waals surface area contributed by atoms with Gasteiger partial charge in [-0.2, -0.15) is 0 Å². The third-order valence-electron chi connectivity index (χ3n) is 0.608. The van der Waals surface area contributed by atoms with Crippen LogP contribution in [0.1, 0.15) is 19.8 Å². The van der Waals surface area contributed by atoms with Crippen LogP contribution < -0.4 is 0 Å². The molecule has 0 atom stereocenters. The molecule has 0 aromatic heterocycles. The van der Waals surface area contributed by atoms with Crippen molar-refractivity contribution in [3.8, 4) is 0 Å². The highest BCUT2D eigenvalue weighted by Crippen LogP contribution is 1.89. The second-order valence-electron chi connectivity index (χ2n) is 1.29. The van der Waals surface area contributed by atoms with Crippen molar-refractivity contribution in [2.75, 3.05) is 0 Å². The van der Waals surface area contributed by atoms with E-state index in [9.17, 15) is 4.79 Å². The summed E-state index contributed by atoms with van der Waals surface area (Å²) in [6, 6.07) is 0. The Balaban J connectivity index is 2.82. The smallest absolute Gasteiger partial charge is 0.348 e. The maximum atomic E-state index is 9.73. The molecule has 0 bridgehead atoms. The van der Waals surface area contributed by atoms with E-state index >= 15 is 0 Å². The van der Waals surface area contributed by atoms with Crippen LogP contribution in [0.2, 0.25) is 0 Å². The first-order chi connectivity index (χ1) is 3.27. The average Bonchev–Trinajstić information content (AvgIpc) is 1.61. The molecular weight excluding hydrogens is 92.1 g/mol. The molecule has 0 aliphatic rings. The van der Waals surface area contributed by atoms with Gasteiger partial charge in [-0.05, 0) is 6.92 Å². The van der Waals surface area contributed by atoms with Crippen molar-refractivity contribution in [3.63, 3.8) is 0 Å². The topological polar surface area (TPSA) is 37.3 Å². The molecule has 0 saturated heterocycles.